The molecule has 0 bridgehead atoms. The molecule has 3 rings (SSSR count). The van der Waals surface area contributed by atoms with Crippen molar-refractivity contribution in [3.05, 3.63) is 34.9 Å². The van der Waals surface area contributed by atoms with Gasteiger partial charge in [-0.25, -0.2) is 0 Å². The zero-order valence-electron chi connectivity index (χ0n) is 13.2. The monoisotopic (exact) mass is 358 g/mol. The molecule has 1 amide bonds. The lowest BCUT2D eigenvalue weighted by Crippen LogP contribution is -2.46. The van der Waals surface area contributed by atoms with E-state index in [2.05, 4.69) is 11.4 Å². The maximum atomic E-state index is 12.6. The van der Waals surface area contributed by atoms with Crippen LogP contribution in [-0.4, -0.2) is 49.2 Å². The highest BCUT2D eigenvalue weighted by atomic mass is 35.5. The number of carbonyl (C=O) groups is 1. The summed E-state index contributed by atoms with van der Waals surface area (Å²) in [5.41, 5.74) is 1.13. The Balaban J connectivity index is 0.00000192. The van der Waals surface area contributed by atoms with Gasteiger partial charge < -0.3 is 15.0 Å². The number of benzene rings is 1. The standard InChI is InChI=1S/C17H23ClN2O2.ClH/c18-16-6-2-1-4-13(16)10-15-5-3-8-20(15)17(21)11-14-12-22-9-7-19-14;/h1-2,4,6,14-15,19H,3,5,7-12H2;1H. The van der Waals surface area contributed by atoms with Gasteiger partial charge in [-0.15, -0.1) is 12.4 Å². The van der Waals surface area contributed by atoms with Gasteiger partial charge >= 0.3 is 0 Å². The molecule has 2 saturated heterocycles. The predicted octanol–water partition coefficient (Wildman–Crippen LogP) is 2.67. The first kappa shape index (κ1) is 18.5. The summed E-state index contributed by atoms with van der Waals surface area (Å²) in [6, 6.07) is 8.35. The fourth-order valence-corrected chi connectivity index (χ4v) is 3.59. The number of morpholine rings is 1. The second kappa shape index (κ2) is 8.88. The Morgan fingerprint density at radius 2 is 2.22 bits per heavy atom. The van der Waals surface area contributed by atoms with Gasteiger partial charge in [0.15, 0.2) is 0 Å². The van der Waals surface area contributed by atoms with E-state index in [1.54, 1.807) is 0 Å². The van der Waals surface area contributed by atoms with E-state index < -0.39 is 0 Å². The van der Waals surface area contributed by atoms with Crippen LogP contribution in [0.1, 0.15) is 24.8 Å². The number of carbonyl (C=O) groups excluding carboxylic acids is 1. The Bertz CT molecular complexity index is 521. The molecule has 0 aromatic heterocycles. The van der Waals surface area contributed by atoms with Crippen molar-refractivity contribution in [1.82, 2.24) is 10.2 Å². The van der Waals surface area contributed by atoms with Gasteiger partial charge in [0, 0.05) is 36.6 Å². The number of hydrogen-bond acceptors (Lipinski definition) is 3. The van der Waals surface area contributed by atoms with Crippen LogP contribution < -0.4 is 5.32 Å². The average molecular weight is 359 g/mol. The summed E-state index contributed by atoms with van der Waals surface area (Å²) in [6.45, 7) is 3.07. The third kappa shape index (κ3) is 4.83. The van der Waals surface area contributed by atoms with Crippen LogP contribution in [0.4, 0.5) is 0 Å². The van der Waals surface area contributed by atoms with E-state index in [0.29, 0.717) is 13.0 Å². The summed E-state index contributed by atoms with van der Waals surface area (Å²) >= 11 is 6.26. The minimum Gasteiger partial charge on any atom is -0.378 e. The summed E-state index contributed by atoms with van der Waals surface area (Å²) in [6.07, 6.45) is 3.51. The number of nitrogens with one attached hydrogen (secondary N) is 1. The van der Waals surface area contributed by atoms with E-state index in [1.165, 1.54) is 0 Å². The largest absolute Gasteiger partial charge is 0.378 e. The van der Waals surface area contributed by atoms with E-state index in [0.717, 1.165) is 49.5 Å². The van der Waals surface area contributed by atoms with Crippen molar-refractivity contribution in [2.45, 2.75) is 37.8 Å². The van der Waals surface area contributed by atoms with E-state index >= 15 is 0 Å². The Labute approximate surface area is 148 Å². The van der Waals surface area contributed by atoms with E-state index in [-0.39, 0.29) is 30.4 Å². The second-order valence-corrected chi connectivity index (χ2v) is 6.52. The first-order valence-electron chi connectivity index (χ1n) is 8.08. The second-order valence-electron chi connectivity index (χ2n) is 6.11. The van der Waals surface area contributed by atoms with Gasteiger partial charge in [-0.05, 0) is 30.9 Å². The molecule has 2 heterocycles. The molecule has 0 radical (unpaired) electrons. The Hall–Kier alpha value is -0.810. The van der Waals surface area contributed by atoms with Gasteiger partial charge in [-0.1, -0.05) is 29.8 Å². The van der Waals surface area contributed by atoms with Crippen molar-refractivity contribution in [3.8, 4) is 0 Å². The molecule has 23 heavy (non-hydrogen) atoms. The van der Waals surface area contributed by atoms with Crippen molar-refractivity contribution in [1.29, 1.82) is 0 Å². The van der Waals surface area contributed by atoms with E-state index in [9.17, 15) is 4.79 Å². The van der Waals surface area contributed by atoms with Crippen molar-refractivity contribution < 1.29 is 9.53 Å². The molecule has 2 atom stereocenters. The van der Waals surface area contributed by atoms with Crippen LogP contribution in [0.15, 0.2) is 24.3 Å². The molecule has 0 spiro atoms. The quantitative estimate of drug-likeness (QED) is 0.899. The maximum absolute atomic E-state index is 12.6. The van der Waals surface area contributed by atoms with Crippen LogP contribution in [0.2, 0.25) is 5.02 Å². The lowest BCUT2D eigenvalue weighted by Gasteiger charge is -2.29. The summed E-state index contributed by atoms with van der Waals surface area (Å²) in [4.78, 5) is 14.6. The van der Waals surface area contributed by atoms with Gasteiger partial charge in [0.05, 0.1) is 13.2 Å². The molecule has 2 unspecified atom stereocenters. The molecule has 6 heteroatoms. The topological polar surface area (TPSA) is 41.6 Å². The van der Waals surface area contributed by atoms with Crippen molar-refractivity contribution in [2.75, 3.05) is 26.3 Å². The molecule has 0 aliphatic carbocycles. The number of likely N-dealkylation sites (tertiary alicyclic amines) is 1. The highest BCUT2D eigenvalue weighted by molar-refractivity contribution is 6.31. The van der Waals surface area contributed by atoms with Crippen LogP contribution in [-0.2, 0) is 16.0 Å². The zero-order chi connectivity index (χ0) is 15.4. The third-order valence-electron chi connectivity index (χ3n) is 4.53. The molecule has 2 aliphatic heterocycles. The average Bonchev–Trinajstić information content (AvgIpc) is 2.99. The Morgan fingerprint density at radius 1 is 1.39 bits per heavy atom. The smallest absolute Gasteiger partial charge is 0.224 e. The fraction of sp³-hybridized carbons (Fsp3) is 0.588. The summed E-state index contributed by atoms with van der Waals surface area (Å²) < 4.78 is 5.43. The van der Waals surface area contributed by atoms with Crippen molar-refractivity contribution in [2.24, 2.45) is 0 Å². The number of halogens is 2. The van der Waals surface area contributed by atoms with Gasteiger partial charge in [-0.2, -0.15) is 0 Å². The van der Waals surface area contributed by atoms with Crippen LogP contribution in [0.3, 0.4) is 0 Å². The van der Waals surface area contributed by atoms with Crippen LogP contribution in [0, 0.1) is 0 Å². The molecule has 4 nitrogen and oxygen atoms in total. The summed E-state index contributed by atoms with van der Waals surface area (Å²) in [5, 5.41) is 4.15. The number of rotatable bonds is 4. The number of amides is 1. The molecule has 1 N–H and O–H groups in total. The van der Waals surface area contributed by atoms with Gasteiger partial charge in [-0.3, -0.25) is 4.79 Å². The molecular formula is C17H24Cl2N2O2. The first-order valence-corrected chi connectivity index (χ1v) is 8.46. The first-order chi connectivity index (χ1) is 10.7. The molecule has 0 saturated carbocycles. The molecule has 2 fully saturated rings. The minimum atomic E-state index is 0. The minimum absolute atomic E-state index is 0. The fourth-order valence-electron chi connectivity index (χ4n) is 3.37. The molecular weight excluding hydrogens is 335 g/mol. The number of hydrogen-bond donors (Lipinski definition) is 1. The normalized spacial score (nSPS) is 24.3. The van der Waals surface area contributed by atoms with Gasteiger partial charge in [0.1, 0.15) is 0 Å². The van der Waals surface area contributed by atoms with Gasteiger partial charge in [0.25, 0.3) is 0 Å². The third-order valence-corrected chi connectivity index (χ3v) is 4.90. The SMILES string of the molecule is Cl.O=C(CC1COCCN1)N1CCCC1Cc1ccccc1Cl. The summed E-state index contributed by atoms with van der Waals surface area (Å²) in [7, 11) is 0. The molecule has 1 aromatic carbocycles. The number of ether oxygens (including phenoxy) is 1. The Kier molecular flexibility index (Phi) is 7.15. The summed E-state index contributed by atoms with van der Waals surface area (Å²) in [5.74, 6) is 0.234. The highest BCUT2D eigenvalue weighted by Crippen LogP contribution is 2.25. The highest BCUT2D eigenvalue weighted by Gasteiger charge is 2.30. The zero-order valence-corrected chi connectivity index (χ0v) is 14.7. The van der Waals surface area contributed by atoms with E-state index in [1.807, 2.05) is 23.1 Å². The lowest BCUT2D eigenvalue weighted by molar-refractivity contribution is -0.133. The predicted molar refractivity (Wildman–Crippen MR) is 94.4 cm³/mol. The molecule has 1 aromatic rings. The van der Waals surface area contributed by atoms with Crippen LogP contribution in [0.5, 0.6) is 0 Å². The van der Waals surface area contributed by atoms with Crippen LogP contribution >= 0.6 is 24.0 Å². The lowest BCUT2D eigenvalue weighted by atomic mass is 10.0. The van der Waals surface area contributed by atoms with Gasteiger partial charge in [0.2, 0.25) is 5.91 Å². The van der Waals surface area contributed by atoms with Crippen molar-refractivity contribution >= 4 is 29.9 Å². The van der Waals surface area contributed by atoms with E-state index in [4.69, 9.17) is 16.3 Å². The van der Waals surface area contributed by atoms with Crippen LogP contribution in [0.25, 0.3) is 0 Å². The maximum Gasteiger partial charge on any atom is 0.224 e. The van der Waals surface area contributed by atoms with Crippen molar-refractivity contribution in [3.63, 3.8) is 0 Å². The Morgan fingerprint density at radius 3 is 2.96 bits per heavy atom. The molecule has 2 aliphatic rings. The molecule has 128 valence electrons. The number of nitrogens with zero attached hydrogens (tertiary/aromatic N) is 1.